The Hall–Kier alpha value is -0.800. The van der Waals surface area contributed by atoms with Gasteiger partial charge in [0.05, 0.1) is 0 Å². The van der Waals surface area contributed by atoms with Crippen LogP contribution in [0.15, 0.2) is 35.3 Å². The van der Waals surface area contributed by atoms with Crippen LogP contribution in [-0.2, 0) is 0 Å². The lowest BCUT2D eigenvalue weighted by atomic mass is 10.1. The molecule has 0 aliphatic heterocycles. The molecule has 0 spiro atoms. The smallest absolute Gasteiger partial charge is 0.0380 e. The third-order valence-corrected chi connectivity index (χ3v) is 4.05. The lowest BCUT2D eigenvalue weighted by Gasteiger charge is -2.24. The van der Waals surface area contributed by atoms with Gasteiger partial charge >= 0.3 is 0 Å². The lowest BCUT2D eigenvalue weighted by molar-refractivity contribution is 0.569. The van der Waals surface area contributed by atoms with Crippen molar-refractivity contribution >= 4 is 21.6 Å². The molecule has 1 N–H and O–H groups in total. The first kappa shape index (κ1) is 17.3. The van der Waals surface area contributed by atoms with Crippen LogP contribution in [0.3, 0.4) is 0 Å². The number of nitrogens with zero attached hydrogens (tertiary/aromatic N) is 1. The van der Waals surface area contributed by atoms with Gasteiger partial charge in [-0.25, -0.2) is 0 Å². The van der Waals surface area contributed by atoms with E-state index in [0.717, 1.165) is 32.5 Å². The molecule has 0 aliphatic rings. The van der Waals surface area contributed by atoms with Gasteiger partial charge < -0.3 is 10.2 Å². The summed E-state index contributed by atoms with van der Waals surface area (Å²) in [4.78, 5) is 2.35. The van der Waals surface area contributed by atoms with Crippen LogP contribution in [0.4, 0.5) is 5.69 Å². The predicted octanol–water partition coefficient (Wildman–Crippen LogP) is 4.91. The van der Waals surface area contributed by atoms with Crippen molar-refractivity contribution in [3.05, 3.63) is 40.9 Å². The van der Waals surface area contributed by atoms with Crippen LogP contribution in [0.1, 0.15) is 45.2 Å². The molecule has 0 heterocycles. The first-order chi connectivity index (χ1) is 9.63. The Morgan fingerprint density at radius 3 is 2.65 bits per heavy atom. The molecular formula is C17H27BrN2. The molecule has 0 aromatic heterocycles. The summed E-state index contributed by atoms with van der Waals surface area (Å²) in [5.41, 5.74) is 2.57. The predicted molar refractivity (Wildman–Crippen MR) is 93.6 cm³/mol. The minimum Gasteiger partial charge on any atom is -0.368 e. The molecule has 112 valence electrons. The molecule has 0 bridgehead atoms. The molecule has 1 unspecified atom stereocenters. The highest BCUT2D eigenvalue weighted by atomic mass is 79.9. The van der Waals surface area contributed by atoms with Gasteiger partial charge in [0.1, 0.15) is 0 Å². The summed E-state index contributed by atoms with van der Waals surface area (Å²) >= 11 is 3.72. The topological polar surface area (TPSA) is 15.3 Å². The SMILES string of the molecule is C=CCN(CCC)c1ccc(C(C)NCCC)c(Br)c1. The molecule has 0 saturated heterocycles. The maximum atomic E-state index is 3.85. The van der Waals surface area contributed by atoms with Crippen molar-refractivity contribution in [2.75, 3.05) is 24.5 Å². The molecule has 3 heteroatoms. The molecule has 0 amide bonds. The summed E-state index contributed by atoms with van der Waals surface area (Å²) in [6.07, 6.45) is 4.26. The van der Waals surface area contributed by atoms with Crippen molar-refractivity contribution in [2.45, 2.75) is 39.7 Å². The van der Waals surface area contributed by atoms with Gasteiger partial charge in [-0.15, -0.1) is 6.58 Å². The highest BCUT2D eigenvalue weighted by molar-refractivity contribution is 9.10. The number of nitrogens with one attached hydrogen (secondary N) is 1. The van der Waals surface area contributed by atoms with E-state index in [1.807, 2.05) is 6.08 Å². The lowest BCUT2D eigenvalue weighted by Crippen LogP contribution is -2.24. The third-order valence-electron chi connectivity index (χ3n) is 3.36. The second-order valence-corrected chi connectivity index (χ2v) is 5.97. The van der Waals surface area contributed by atoms with Crippen molar-refractivity contribution in [3.8, 4) is 0 Å². The Bertz CT molecular complexity index is 417. The first-order valence-electron chi connectivity index (χ1n) is 7.52. The number of hydrogen-bond acceptors (Lipinski definition) is 2. The molecule has 20 heavy (non-hydrogen) atoms. The molecule has 0 radical (unpaired) electrons. The highest BCUT2D eigenvalue weighted by Crippen LogP contribution is 2.28. The quantitative estimate of drug-likeness (QED) is 0.643. The molecule has 1 aromatic rings. The van der Waals surface area contributed by atoms with E-state index in [0.29, 0.717) is 6.04 Å². The van der Waals surface area contributed by atoms with E-state index in [1.54, 1.807) is 0 Å². The standard InChI is InChI=1S/C17H27BrN2/c1-5-10-19-14(4)16-9-8-15(13-17(16)18)20(11-6-2)12-7-3/h6,8-9,13-14,19H,2,5,7,10-12H2,1,3-4H3. The zero-order valence-electron chi connectivity index (χ0n) is 13.0. The van der Waals surface area contributed by atoms with E-state index in [4.69, 9.17) is 0 Å². The maximum absolute atomic E-state index is 3.85. The van der Waals surface area contributed by atoms with Gasteiger partial charge in [0.15, 0.2) is 0 Å². The van der Waals surface area contributed by atoms with Gasteiger partial charge in [0, 0.05) is 29.3 Å². The zero-order valence-corrected chi connectivity index (χ0v) is 14.5. The molecule has 1 aromatic carbocycles. The van der Waals surface area contributed by atoms with E-state index in [2.05, 4.69) is 71.7 Å². The van der Waals surface area contributed by atoms with E-state index in [9.17, 15) is 0 Å². The Kier molecular flexibility index (Phi) is 7.93. The molecule has 1 atom stereocenters. The van der Waals surface area contributed by atoms with Crippen LogP contribution in [0.2, 0.25) is 0 Å². The number of rotatable bonds is 9. The Labute approximate surface area is 132 Å². The molecular weight excluding hydrogens is 312 g/mol. The minimum absolute atomic E-state index is 0.373. The normalized spacial score (nSPS) is 12.2. The minimum atomic E-state index is 0.373. The second kappa shape index (κ2) is 9.19. The van der Waals surface area contributed by atoms with Crippen molar-refractivity contribution in [1.82, 2.24) is 5.32 Å². The van der Waals surface area contributed by atoms with E-state index in [-0.39, 0.29) is 0 Å². The van der Waals surface area contributed by atoms with Crippen LogP contribution in [0.5, 0.6) is 0 Å². The molecule has 1 rings (SSSR count). The highest BCUT2D eigenvalue weighted by Gasteiger charge is 2.11. The van der Waals surface area contributed by atoms with E-state index in [1.165, 1.54) is 15.7 Å². The maximum Gasteiger partial charge on any atom is 0.0380 e. The van der Waals surface area contributed by atoms with Gasteiger partial charge in [-0.2, -0.15) is 0 Å². The average molecular weight is 339 g/mol. The first-order valence-corrected chi connectivity index (χ1v) is 8.32. The van der Waals surface area contributed by atoms with Crippen LogP contribution in [0.25, 0.3) is 0 Å². The van der Waals surface area contributed by atoms with E-state index < -0.39 is 0 Å². The number of anilines is 1. The zero-order chi connectivity index (χ0) is 15.0. The molecule has 0 saturated carbocycles. The summed E-state index contributed by atoms with van der Waals surface area (Å²) < 4.78 is 1.18. The average Bonchev–Trinajstić information content (AvgIpc) is 2.44. The number of halogens is 1. The summed E-state index contributed by atoms with van der Waals surface area (Å²) in [7, 11) is 0. The van der Waals surface area contributed by atoms with Crippen molar-refractivity contribution < 1.29 is 0 Å². The second-order valence-electron chi connectivity index (χ2n) is 5.12. The van der Waals surface area contributed by atoms with E-state index >= 15 is 0 Å². The molecule has 0 aliphatic carbocycles. The van der Waals surface area contributed by atoms with Crippen molar-refractivity contribution in [3.63, 3.8) is 0 Å². The number of hydrogen-bond donors (Lipinski definition) is 1. The summed E-state index contributed by atoms with van der Waals surface area (Å²) in [6.45, 7) is 13.5. The van der Waals surface area contributed by atoms with Crippen LogP contribution < -0.4 is 10.2 Å². The fourth-order valence-corrected chi connectivity index (χ4v) is 3.00. The van der Waals surface area contributed by atoms with Crippen molar-refractivity contribution in [1.29, 1.82) is 0 Å². The Balaban J connectivity index is 2.87. The van der Waals surface area contributed by atoms with Gasteiger partial charge in [0.25, 0.3) is 0 Å². The summed E-state index contributed by atoms with van der Waals surface area (Å²) in [5, 5.41) is 3.53. The molecule has 2 nitrogen and oxygen atoms in total. The Morgan fingerprint density at radius 2 is 2.10 bits per heavy atom. The van der Waals surface area contributed by atoms with Crippen LogP contribution >= 0.6 is 15.9 Å². The third kappa shape index (κ3) is 4.95. The summed E-state index contributed by atoms with van der Waals surface area (Å²) in [5.74, 6) is 0. The summed E-state index contributed by atoms with van der Waals surface area (Å²) in [6, 6.07) is 7.03. The molecule has 0 fully saturated rings. The largest absolute Gasteiger partial charge is 0.368 e. The van der Waals surface area contributed by atoms with Crippen LogP contribution in [0, 0.1) is 0 Å². The van der Waals surface area contributed by atoms with Crippen LogP contribution in [-0.4, -0.2) is 19.6 Å². The van der Waals surface area contributed by atoms with Gasteiger partial charge in [-0.05, 0) is 44.0 Å². The monoisotopic (exact) mass is 338 g/mol. The van der Waals surface area contributed by atoms with Crippen molar-refractivity contribution in [2.24, 2.45) is 0 Å². The Morgan fingerprint density at radius 1 is 1.35 bits per heavy atom. The number of benzene rings is 1. The van der Waals surface area contributed by atoms with Gasteiger partial charge in [-0.1, -0.05) is 41.9 Å². The fraction of sp³-hybridized carbons (Fsp3) is 0.529. The fourth-order valence-electron chi connectivity index (χ4n) is 2.29. The van der Waals surface area contributed by atoms with Gasteiger partial charge in [-0.3, -0.25) is 0 Å². The van der Waals surface area contributed by atoms with Gasteiger partial charge in [0.2, 0.25) is 0 Å².